The Morgan fingerprint density at radius 2 is 1.90 bits per heavy atom. The molecule has 29 heavy (non-hydrogen) atoms. The number of halogens is 1. The van der Waals surface area contributed by atoms with E-state index >= 15 is 0 Å². The van der Waals surface area contributed by atoms with Gasteiger partial charge in [-0.2, -0.15) is 0 Å². The lowest BCUT2D eigenvalue weighted by Crippen LogP contribution is -2.48. The summed E-state index contributed by atoms with van der Waals surface area (Å²) < 4.78 is 5.23. The van der Waals surface area contributed by atoms with Gasteiger partial charge in [-0.25, -0.2) is 4.98 Å². The first-order valence-electron chi connectivity index (χ1n) is 9.50. The number of benzene rings is 1. The van der Waals surface area contributed by atoms with E-state index in [-0.39, 0.29) is 5.91 Å². The Balaban J connectivity index is 1.36. The van der Waals surface area contributed by atoms with Crippen LogP contribution in [0.3, 0.4) is 0 Å². The van der Waals surface area contributed by atoms with E-state index < -0.39 is 0 Å². The van der Waals surface area contributed by atoms with Crippen LogP contribution in [0.25, 0.3) is 10.4 Å². The Labute approximate surface area is 179 Å². The quantitative estimate of drug-likeness (QED) is 0.604. The van der Waals surface area contributed by atoms with E-state index in [0.29, 0.717) is 24.5 Å². The summed E-state index contributed by atoms with van der Waals surface area (Å²) in [6.45, 7) is 3.95. The molecule has 4 rings (SSSR count). The fourth-order valence-corrected chi connectivity index (χ4v) is 4.87. The predicted octanol–water partition coefficient (Wildman–Crippen LogP) is 4.43. The Morgan fingerprint density at radius 3 is 2.66 bits per heavy atom. The molecule has 1 amide bonds. The second-order valence-electron chi connectivity index (χ2n) is 6.87. The van der Waals surface area contributed by atoms with Crippen LogP contribution in [0.4, 0.5) is 0 Å². The lowest BCUT2D eigenvalue weighted by molar-refractivity contribution is 0.0625. The highest BCUT2D eigenvalue weighted by Crippen LogP contribution is 2.33. The predicted molar refractivity (Wildman–Crippen MR) is 117 cm³/mol. The van der Waals surface area contributed by atoms with Gasteiger partial charge in [0.15, 0.2) is 0 Å². The summed E-state index contributed by atoms with van der Waals surface area (Å²) in [5, 5.41) is 0.777. The Morgan fingerprint density at radius 1 is 1.10 bits per heavy atom. The summed E-state index contributed by atoms with van der Waals surface area (Å²) >= 11 is 8.09. The lowest BCUT2D eigenvalue weighted by atomic mass is 10.2. The van der Waals surface area contributed by atoms with Crippen LogP contribution in [0.2, 0.25) is 5.02 Å². The number of hydrogen-bond donors (Lipinski definition) is 0. The smallest absolute Gasteiger partial charge is 0.259 e. The van der Waals surface area contributed by atoms with Gasteiger partial charge in [-0.05, 0) is 30.3 Å². The first-order chi connectivity index (χ1) is 14.2. The third-order valence-electron chi connectivity index (χ3n) is 5.03. The first kappa shape index (κ1) is 19.9. The largest absolute Gasteiger partial charge is 0.480 e. The lowest BCUT2D eigenvalue weighted by Gasteiger charge is -2.34. The Kier molecular flexibility index (Phi) is 6.13. The number of rotatable bonds is 5. The minimum atomic E-state index is -0.0215. The highest BCUT2D eigenvalue weighted by Gasteiger charge is 2.25. The van der Waals surface area contributed by atoms with Crippen LogP contribution in [-0.2, 0) is 6.54 Å². The van der Waals surface area contributed by atoms with Gasteiger partial charge in [0.25, 0.3) is 5.91 Å². The summed E-state index contributed by atoms with van der Waals surface area (Å²) in [5.41, 5.74) is 1.59. The van der Waals surface area contributed by atoms with Crippen molar-refractivity contribution in [2.75, 3.05) is 33.3 Å². The van der Waals surface area contributed by atoms with Gasteiger partial charge in [-0.15, -0.1) is 11.3 Å². The zero-order valence-corrected chi connectivity index (χ0v) is 17.7. The number of piperazine rings is 1. The number of pyridine rings is 1. The van der Waals surface area contributed by atoms with Crippen molar-refractivity contribution in [3.8, 4) is 16.3 Å². The number of carbonyl (C=O) groups is 1. The second-order valence-corrected chi connectivity index (χ2v) is 8.45. The molecule has 150 valence electrons. The van der Waals surface area contributed by atoms with Gasteiger partial charge in [0.2, 0.25) is 5.88 Å². The summed E-state index contributed by atoms with van der Waals surface area (Å²) in [6.07, 6.45) is 1.63. The van der Waals surface area contributed by atoms with Crippen molar-refractivity contribution in [1.29, 1.82) is 0 Å². The fourth-order valence-electron chi connectivity index (χ4n) is 3.48. The molecule has 1 fully saturated rings. The highest BCUT2D eigenvalue weighted by molar-refractivity contribution is 7.15. The van der Waals surface area contributed by atoms with E-state index in [4.69, 9.17) is 16.3 Å². The maximum atomic E-state index is 12.8. The molecule has 1 aromatic carbocycles. The second kappa shape index (κ2) is 8.95. The zero-order chi connectivity index (χ0) is 20.2. The van der Waals surface area contributed by atoms with E-state index in [2.05, 4.69) is 28.1 Å². The van der Waals surface area contributed by atoms with Gasteiger partial charge in [-0.3, -0.25) is 9.69 Å². The number of ether oxygens (including phenoxy) is 1. The molecule has 2 aromatic heterocycles. The average molecular weight is 428 g/mol. The van der Waals surface area contributed by atoms with Crippen molar-refractivity contribution in [2.24, 2.45) is 0 Å². The van der Waals surface area contributed by atoms with Crippen LogP contribution >= 0.6 is 22.9 Å². The molecular weight excluding hydrogens is 406 g/mol. The van der Waals surface area contributed by atoms with Gasteiger partial charge in [0.05, 0.1) is 7.11 Å². The van der Waals surface area contributed by atoms with Crippen LogP contribution in [0.1, 0.15) is 15.2 Å². The SMILES string of the molecule is COc1ncccc1C(=O)N1CCN(Cc2ccc(-c3ccccc3Cl)s2)CC1. The molecule has 3 aromatic rings. The van der Waals surface area contributed by atoms with Gasteiger partial charge >= 0.3 is 0 Å². The topological polar surface area (TPSA) is 45.7 Å². The normalized spacial score (nSPS) is 14.8. The number of carbonyl (C=O) groups excluding carboxylic acids is 1. The van der Waals surface area contributed by atoms with Crippen LogP contribution in [0.5, 0.6) is 5.88 Å². The van der Waals surface area contributed by atoms with E-state index in [9.17, 15) is 4.79 Å². The third kappa shape index (κ3) is 4.45. The van der Waals surface area contributed by atoms with Crippen molar-refractivity contribution in [2.45, 2.75) is 6.54 Å². The van der Waals surface area contributed by atoms with Crippen LogP contribution in [0, 0.1) is 0 Å². The van der Waals surface area contributed by atoms with Gasteiger partial charge in [0.1, 0.15) is 5.56 Å². The molecule has 1 saturated heterocycles. The monoisotopic (exact) mass is 427 g/mol. The maximum Gasteiger partial charge on any atom is 0.259 e. The molecular formula is C22H22ClN3O2S. The highest BCUT2D eigenvalue weighted by atomic mass is 35.5. The molecule has 1 aliphatic rings. The summed E-state index contributed by atoms with van der Waals surface area (Å²) in [6, 6.07) is 15.8. The van der Waals surface area contributed by atoms with Gasteiger partial charge < -0.3 is 9.64 Å². The molecule has 0 spiro atoms. The number of aromatic nitrogens is 1. The summed E-state index contributed by atoms with van der Waals surface area (Å²) in [7, 11) is 1.54. The van der Waals surface area contributed by atoms with E-state index in [1.807, 2.05) is 23.1 Å². The Hall–Kier alpha value is -2.41. The number of amides is 1. The van der Waals surface area contributed by atoms with Crippen molar-refractivity contribution >= 4 is 28.8 Å². The third-order valence-corrected chi connectivity index (χ3v) is 6.47. The van der Waals surface area contributed by atoms with E-state index in [1.165, 1.54) is 16.9 Å². The molecule has 0 aliphatic carbocycles. The Bertz CT molecular complexity index is 999. The number of methoxy groups -OCH3 is 1. The average Bonchev–Trinajstić information content (AvgIpc) is 3.22. The van der Waals surface area contributed by atoms with Crippen molar-refractivity contribution < 1.29 is 9.53 Å². The molecule has 5 nitrogen and oxygen atoms in total. The van der Waals surface area contributed by atoms with Crippen molar-refractivity contribution in [3.05, 3.63) is 70.2 Å². The number of thiophene rings is 1. The molecule has 0 unspecified atom stereocenters. The minimum Gasteiger partial charge on any atom is -0.480 e. The minimum absolute atomic E-state index is 0.0215. The van der Waals surface area contributed by atoms with Crippen molar-refractivity contribution in [3.63, 3.8) is 0 Å². The van der Waals surface area contributed by atoms with Crippen LogP contribution in [0.15, 0.2) is 54.7 Å². The maximum absolute atomic E-state index is 12.8. The molecule has 1 aliphatic heterocycles. The molecule has 0 N–H and O–H groups in total. The summed E-state index contributed by atoms with van der Waals surface area (Å²) in [5.74, 6) is 0.359. The van der Waals surface area contributed by atoms with E-state index in [0.717, 1.165) is 30.2 Å². The number of nitrogens with zero attached hydrogens (tertiary/aromatic N) is 3. The van der Waals surface area contributed by atoms with Crippen molar-refractivity contribution in [1.82, 2.24) is 14.8 Å². The molecule has 7 heteroatoms. The molecule has 0 atom stereocenters. The number of hydrogen-bond acceptors (Lipinski definition) is 5. The van der Waals surface area contributed by atoms with E-state index in [1.54, 1.807) is 29.7 Å². The molecule has 0 saturated carbocycles. The van der Waals surface area contributed by atoms with Gasteiger partial charge in [0, 0.05) is 59.3 Å². The zero-order valence-electron chi connectivity index (χ0n) is 16.2. The summed E-state index contributed by atoms with van der Waals surface area (Å²) in [4.78, 5) is 23.7. The molecule has 0 radical (unpaired) electrons. The standard InChI is InChI=1S/C22H22ClN3O2S/c1-28-21-18(6-4-10-24-21)22(27)26-13-11-25(12-14-26)15-16-8-9-20(29-16)17-5-2-3-7-19(17)23/h2-10H,11-15H2,1H3. The molecule has 3 heterocycles. The fraction of sp³-hybridized carbons (Fsp3) is 0.273. The first-order valence-corrected chi connectivity index (χ1v) is 10.7. The van der Waals surface area contributed by atoms with Gasteiger partial charge in [-0.1, -0.05) is 29.8 Å². The molecule has 0 bridgehead atoms. The van der Waals surface area contributed by atoms with Crippen LogP contribution in [-0.4, -0.2) is 54.0 Å². The van der Waals surface area contributed by atoms with Crippen LogP contribution < -0.4 is 4.74 Å².